The zero-order valence-electron chi connectivity index (χ0n) is 10.4. The van der Waals surface area contributed by atoms with Crippen molar-refractivity contribution >= 4 is 5.78 Å². The Kier molecular flexibility index (Phi) is 4.32. The number of carbonyl (C=O) groups is 1. The molecule has 2 atom stereocenters. The zero-order valence-corrected chi connectivity index (χ0v) is 10.4. The highest BCUT2D eigenvalue weighted by atomic mass is 16.1. The molecule has 0 aliphatic heterocycles. The summed E-state index contributed by atoms with van der Waals surface area (Å²) < 4.78 is 0. The van der Waals surface area contributed by atoms with Crippen LogP contribution in [0.15, 0.2) is 0 Å². The average molecular weight is 211 g/mol. The van der Waals surface area contributed by atoms with Gasteiger partial charge in [0.15, 0.2) is 5.78 Å². The van der Waals surface area contributed by atoms with Crippen LogP contribution in [0.25, 0.3) is 0 Å². The van der Waals surface area contributed by atoms with Crippen LogP contribution in [0.3, 0.4) is 0 Å². The lowest BCUT2D eigenvalue weighted by Crippen LogP contribution is -2.51. The fraction of sp³-hybridized carbons (Fsp3) is 0.923. The van der Waals surface area contributed by atoms with Gasteiger partial charge in [-0.25, -0.2) is 0 Å². The highest BCUT2D eigenvalue weighted by Gasteiger charge is 2.36. The predicted molar refractivity (Wildman–Crippen MR) is 63.6 cm³/mol. The van der Waals surface area contributed by atoms with E-state index >= 15 is 0 Å². The Balaban J connectivity index is 2.48. The summed E-state index contributed by atoms with van der Waals surface area (Å²) in [6, 6.07) is 0. The molecule has 1 saturated carbocycles. The van der Waals surface area contributed by atoms with Gasteiger partial charge in [-0.1, -0.05) is 33.6 Å². The lowest BCUT2D eigenvalue weighted by Gasteiger charge is -2.35. The van der Waals surface area contributed by atoms with E-state index in [-0.39, 0.29) is 0 Å². The molecule has 15 heavy (non-hydrogen) atoms. The number of hydrogen-bond acceptors (Lipinski definition) is 2. The van der Waals surface area contributed by atoms with Crippen LogP contribution in [-0.4, -0.2) is 11.3 Å². The normalized spacial score (nSPS) is 31.9. The van der Waals surface area contributed by atoms with Gasteiger partial charge in [-0.15, -0.1) is 0 Å². The minimum atomic E-state index is -0.493. The Labute approximate surface area is 93.6 Å². The van der Waals surface area contributed by atoms with Gasteiger partial charge in [0.25, 0.3) is 0 Å². The van der Waals surface area contributed by atoms with E-state index in [1.165, 1.54) is 6.42 Å². The summed E-state index contributed by atoms with van der Waals surface area (Å²) >= 11 is 0. The molecule has 0 heterocycles. The molecule has 2 unspecified atom stereocenters. The van der Waals surface area contributed by atoms with Crippen molar-refractivity contribution in [3.05, 3.63) is 0 Å². The molecule has 0 aromatic heterocycles. The van der Waals surface area contributed by atoms with E-state index in [4.69, 9.17) is 5.73 Å². The van der Waals surface area contributed by atoms with Gasteiger partial charge in [0.2, 0.25) is 0 Å². The number of rotatable bonds is 4. The third-order valence-electron chi connectivity index (χ3n) is 3.54. The van der Waals surface area contributed by atoms with Crippen molar-refractivity contribution in [3.63, 3.8) is 0 Å². The highest BCUT2D eigenvalue weighted by molar-refractivity contribution is 5.88. The maximum absolute atomic E-state index is 12.0. The first-order valence-electron chi connectivity index (χ1n) is 6.26. The van der Waals surface area contributed by atoms with Gasteiger partial charge in [-0.2, -0.15) is 0 Å². The molecule has 0 amide bonds. The van der Waals surface area contributed by atoms with Crippen molar-refractivity contribution in [2.75, 3.05) is 0 Å². The van der Waals surface area contributed by atoms with Crippen molar-refractivity contribution in [1.82, 2.24) is 0 Å². The Bertz CT molecular complexity index is 225. The monoisotopic (exact) mass is 211 g/mol. The fourth-order valence-electron chi connectivity index (χ4n) is 2.51. The predicted octanol–water partition coefficient (Wildman–Crippen LogP) is 2.90. The molecule has 0 aromatic rings. The first-order chi connectivity index (χ1) is 6.94. The van der Waals surface area contributed by atoms with Gasteiger partial charge in [-0.3, -0.25) is 4.79 Å². The molecule has 88 valence electrons. The smallest absolute Gasteiger partial charge is 0.152 e. The number of hydrogen-bond donors (Lipinski definition) is 1. The second kappa shape index (κ2) is 5.11. The number of Topliss-reactive ketones (excluding diaryl/α,β-unsaturated/α-hetero) is 1. The van der Waals surface area contributed by atoms with Crippen LogP contribution < -0.4 is 5.73 Å². The first kappa shape index (κ1) is 12.7. The minimum Gasteiger partial charge on any atom is -0.319 e. The lowest BCUT2D eigenvalue weighted by molar-refractivity contribution is -0.126. The summed E-state index contributed by atoms with van der Waals surface area (Å²) in [5.74, 6) is 1.51. The Morgan fingerprint density at radius 3 is 2.73 bits per heavy atom. The van der Waals surface area contributed by atoms with Crippen molar-refractivity contribution in [3.8, 4) is 0 Å². The summed E-state index contributed by atoms with van der Waals surface area (Å²) in [7, 11) is 0. The summed E-state index contributed by atoms with van der Waals surface area (Å²) in [6.07, 6.45) is 5.78. The molecule has 0 bridgehead atoms. The van der Waals surface area contributed by atoms with Gasteiger partial charge < -0.3 is 5.73 Å². The second-order valence-electron chi connectivity index (χ2n) is 5.71. The molecular weight excluding hydrogens is 186 g/mol. The van der Waals surface area contributed by atoms with E-state index in [2.05, 4.69) is 20.8 Å². The largest absolute Gasteiger partial charge is 0.319 e. The van der Waals surface area contributed by atoms with Crippen LogP contribution in [-0.2, 0) is 4.79 Å². The lowest BCUT2D eigenvalue weighted by atomic mass is 9.73. The maximum atomic E-state index is 12.0. The van der Waals surface area contributed by atoms with Crippen LogP contribution in [0.4, 0.5) is 0 Å². The van der Waals surface area contributed by atoms with Crippen molar-refractivity contribution in [2.24, 2.45) is 17.6 Å². The Hall–Kier alpha value is -0.370. The van der Waals surface area contributed by atoms with Crippen LogP contribution in [0.1, 0.15) is 59.3 Å². The van der Waals surface area contributed by atoms with E-state index in [9.17, 15) is 4.79 Å². The number of ketones is 1. The van der Waals surface area contributed by atoms with Crippen molar-refractivity contribution < 1.29 is 4.79 Å². The van der Waals surface area contributed by atoms with E-state index < -0.39 is 5.54 Å². The zero-order chi connectivity index (χ0) is 11.5. The van der Waals surface area contributed by atoms with Crippen LogP contribution in [0, 0.1) is 11.8 Å². The molecule has 2 heteroatoms. The van der Waals surface area contributed by atoms with Crippen LogP contribution >= 0.6 is 0 Å². The number of carbonyl (C=O) groups excluding carboxylic acids is 1. The third kappa shape index (κ3) is 3.60. The summed E-state index contributed by atoms with van der Waals surface area (Å²) in [5, 5.41) is 0. The topological polar surface area (TPSA) is 43.1 Å². The Morgan fingerprint density at radius 1 is 1.53 bits per heavy atom. The van der Waals surface area contributed by atoms with Crippen LogP contribution in [0.2, 0.25) is 0 Å². The molecule has 1 fully saturated rings. The molecule has 1 rings (SSSR count). The molecule has 0 spiro atoms. The standard InChI is InChI=1S/C13H25NO/c1-10(2)6-7-12(15)13(14)8-4-5-11(3)9-13/h10-11H,4-9,14H2,1-3H3. The maximum Gasteiger partial charge on any atom is 0.152 e. The third-order valence-corrected chi connectivity index (χ3v) is 3.54. The van der Waals surface area contributed by atoms with Gasteiger partial charge in [0, 0.05) is 6.42 Å². The second-order valence-corrected chi connectivity index (χ2v) is 5.71. The van der Waals surface area contributed by atoms with Gasteiger partial charge in [0.1, 0.15) is 0 Å². The molecule has 1 aliphatic rings. The van der Waals surface area contributed by atoms with E-state index in [0.29, 0.717) is 24.0 Å². The molecule has 0 radical (unpaired) electrons. The summed E-state index contributed by atoms with van der Waals surface area (Å²) in [5.41, 5.74) is 5.74. The average Bonchev–Trinajstić information content (AvgIpc) is 2.13. The van der Waals surface area contributed by atoms with E-state index in [1.807, 2.05) is 0 Å². The Morgan fingerprint density at radius 2 is 2.20 bits per heavy atom. The van der Waals surface area contributed by atoms with Crippen LogP contribution in [0.5, 0.6) is 0 Å². The minimum absolute atomic E-state index is 0.294. The fourth-order valence-corrected chi connectivity index (χ4v) is 2.51. The van der Waals surface area contributed by atoms with E-state index in [0.717, 1.165) is 25.7 Å². The van der Waals surface area contributed by atoms with E-state index in [1.54, 1.807) is 0 Å². The molecule has 2 N–H and O–H groups in total. The quantitative estimate of drug-likeness (QED) is 0.777. The van der Waals surface area contributed by atoms with Gasteiger partial charge in [-0.05, 0) is 31.1 Å². The number of nitrogens with two attached hydrogens (primary N) is 1. The first-order valence-corrected chi connectivity index (χ1v) is 6.26. The molecular formula is C13H25NO. The molecule has 1 aliphatic carbocycles. The SMILES string of the molecule is CC(C)CCC(=O)C1(N)CCCC(C)C1. The molecule has 2 nitrogen and oxygen atoms in total. The van der Waals surface area contributed by atoms with Gasteiger partial charge in [0.05, 0.1) is 5.54 Å². The van der Waals surface area contributed by atoms with Crippen molar-refractivity contribution in [2.45, 2.75) is 64.8 Å². The summed E-state index contributed by atoms with van der Waals surface area (Å²) in [4.78, 5) is 12.0. The highest BCUT2D eigenvalue weighted by Crippen LogP contribution is 2.32. The molecule has 0 aromatic carbocycles. The molecule has 0 saturated heterocycles. The van der Waals surface area contributed by atoms with Gasteiger partial charge >= 0.3 is 0 Å². The van der Waals surface area contributed by atoms with Crippen molar-refractivity contribution in [1.29, 1.82) is 0 Å². The summed E-state index contributed by atoms with van der Waals surface area (Å²) in [6.45, 7) is 6.51.